The van der Waals surface area contributed by atoms with Crippen LogP contribution in [-0.2, 0) is 6.54 Å². The molecule has 2 aromatic rings. The average molecular weight is 370 g/mol. The van der Waals surface area contributed by atoms with E-state index in [1.54, 1.807) is 12.6 Å². The van der Waals surface area contributed by atoms with Crippen LogP contribution in [0.1, 0.15) is 20.9 Å². The number of non-ortho nitro benzene ring substituents is 1. The smallest absolute Gasteiger partial charge is 0.270 e. The number of nitro groups is 1. The number of amides is 1. The molecular formula is C13H12BrN3O3S. The maximum absolute atomic E-state index is 12.4. The van der Waals surface area contributed by atoms with Gasteiger partial charge in [-0.1, -0.05) is 0 Å². The third-order valence-corrected chi connectivity index (χ3v) is 4.57. The Balaban J connectivity index is 2.25. The molecule has 1 amide bonds. The van der Waals surface area contributed by atoms with E-state index in [0.717, 1.165) is 10.6 Å². The Kier molecular flexibility index (Phi) is 4.69. The first kappa shape index (κ1) is 15.6. The van der Waals surface area contributed by atoms with Crippen molar-refractivity contribution in [2.45, 2.75) is 13.5 Å². The summed E-state index contributed by atoms with van der Waals surface area (Å²) in [4.78, 5) is 29.4. The van der Waals surface area contributed by atoms with Crippen molar-refractivity contribution >= 4 is 38.9 Å². The van der Waals surface area contributed by atoms with Crippen LogP contribution in [0.25, 0.3) is 0 Å². The van der Waals surface area contributed by atoms with E-state index in [-0.39, 0.29) is 17.2 Å². The minimum Gasteiger partial charge on any atom is -0.336 e. The number of carbonyl (C=O) groups is 1. The van der Waals surface area contributed by atoms with Crippen molar-refractivity contribution in [3.05, 3.63) is 54.4 Å². The number of aryl methyl sites for hydroxylation is 1. The predicted octanol–water partition coefficient (Wildman–Crippen LogP) is 3.39. The van der Waals surface area contributed by atoms with Gasteiger partial charge in [0.25, 0.3) is 11.6 Å². The Labute approximate surface area is 133 Å². The van der Waals surface area contributed by atoms with Crippen LogP contribution in [0.2, 0.25) is 0 Å². The first-order valence-corrected chi connectivity index (χ1v) is 7.65. The molecule has 0 aliphatic carbocycles. The molecule has 0 aliphatic rings. The maximum Gasteiger partial charge on any atom is 0.270 e. The molecule has 0 saturated heterocycles. The molecule has 0 fully saturated rings. The number of rotatable bonds is 4. The summed E-state index contributed by atoms with van der Waals surface area (Å²) in [5, 5.41) is 10.8. The lowest BCUT2D eigenvalue weighted by Gasteiger charge is -2.17. The monoisotopic (exact) mass is 369 g/mol. The van der Waals surface area contributed by atoms with Crippen molar-refractivity contribution in [1.29, 1.82) is 0 Å². The Bertz CT molecular complexity index is 702. The summed E-state index contributed by atoms with van der Waals surface area (Å²) in [5.74, 6) is -0.279. The van der Waals surface area contributed by atoms with E-state index in [0.29, 0.717) is 11.0 Å². The highest BCUT2D eigenvalue weighted by Gasteiger charge is 2.19. The lowest BCUT2D eigenvalue weighted by Crippen LogP contribution is -2.26. The van der Waals surface area contributed by atoms with Gasteiger partial charge in [0.05, 0.1) is 28.2 Å². The van der Waals surface area contributed by atoms with Crippen LogP contribution >= 0.6 is 27.3 Å². The van der Waals surface area contributed by atoms with E-state index >= 15 is 0 Å². The third kappa shape index (κ3) is 3.45. The number of aromatic nitrogens is 1. The summed E-state index contributed by atoms with van der Waals surface area (Å²) in [5.41, 5.74) is 2.78. The van der Waals surface area contributed by atoms with Crippen LogP contribution in [0, 0.1) is 17.0 Å². The van der Waals surface area contributed by atoms with Gasteiger partial charge in [-0.2, -0.15) is 0 Å². The molecule has 110 valence electrons. The van der Waals surface area contributed by atoms with Gasteiger partial charge in [0.1, 0.15) is 0 Å². The molecule has 0 spiro atoms. The normalized spacial score (nSPS) is 10.4. The fraction of sp³-hybridized carbons (Fsp3) is 0.231. The molecule has 0 N–H and O–H groups in total. The SMILES string of the molecule is Cc1ncsc1CN(C)C(=O)c1cc([N+](=O)[O-])ccc1Br. The zero-order chi connectivity index (χ0) is 15.6. The van der Waals surface area contributed by atoms with E-state index in [2.05, 4.69) is 20.9 Å². The number of thiazole rings is 1. The molecule has 0 radical (unpaired) electrons. The number of nitro benzene ring substituents is 1. The van der Waals surface area contributed by atoms with Gasteiger partial charge >= 0.3 is 0 Å². The zero-order valence-electron chi connectivity index (χ0n) is 11.4. The number of halogens is 1. The van der Waals surface area contributed by atoms with Crippen LogP contribution in [0.5, 0.6) is 0 Å². The van der Waals surface area contributed by atoms with E-state index in [9.17, 15) is 14.9 Å². The largest absolute Gasteiger partial charge is 0.336 e. The number of hydrogen-bond donors (Lipinski definition) is 0. The molecular weight excluding hydrogens is 358 g/mol. The second-order valence-corrected chi connectivity index (χ2v) is 6.24. The Morgan fingerprint density at radius 1 is 1.52 bits per heavy atom. The van der Waals surface area contributed by atoms with Gasteiger partial charge in [-0.05, 0) is 28.9 Å². The fourth-order valence-electron chi connectivity index (χ4n) is 1.76. The van der Waals surface area contributed by atoms with Crippen molar-refractivity contribution < 1.29 is 9.72 Å². The Morgan fingerprint density at radius 2 is 2.24 bits per heavy atom. The molecule has 6 nitrogen and oxygen atoms in total. The van der Waals surface area contributed by atoms with Crippen molar-refractivity contribution in [3.8, 4) is 0 Å². The van der Waals surface area contributed by atoms with Gasteiger partial charge in [0.2, 0.25) is 0 Å². The Hall–Kier alpha value is -1.80. The second kappa shape index (κ2) is 6.31. The van der Waals surface area contributed by atoms with Gasteiger partial charge in [0.15, 0.2) is 0 Å². The minimum absolute atomic E-state index is 0.107. The van der Waals surface area contributed by atoms with Crippen LogP contribution in [0.15, 0.2) is 28.2 Å². The van der Waals surface area contributed by atoms with Gasteiger partial charge in [-0.15, -0.1) is 11.3 Å². The van der Waals surface area contributed by atoms with Crippen LogP contribution in [0.3, 0.4) is 0 Å². The molecule has 1 aromatic heterocycles. The maximum atomic E-state index is 12.4. The van der Waals surface area contributed by atoms with Crippen molar-refractivity contribution in [2.75, 3.05) is 7.05 Å². The van der Waals surface area contributed by atoms with Gasteiger partial charge < -0.3 is 4.90 Å². The first-order valence-electron chi connectivity index (χ1n) is 5.98. The van der Waals surface area contributed by atoms with Gasteiger partial charge in [-0.25, -0.2) is 4.98 Å². The number of hydrogen-bond acceptors (Lipinski definition) is 5. The van der Waals surface area contributed by atoms with Gasteiger partial charge in [-0.3, -0.25) is 14.9 Å². The lowest BCUT2D eigenvalue weighted by molar-refractivity contribution is -0.384. The summed E-state index contributed by atoms with van der Waals surface area (Å²) in [6.45, 7) is 2.30. The quantitative estimate of drug-likeness (QED) is 0.611. The minimum atomic E-state index is -0.517. The molecule has 0 atom stereocenters. The summed E-state index contributed by atoms with van der Waals surface area (Å²) >= 11 is 4.74. The highest BCUT2D eigenvalue weighted by atomic mass is 79.9. The number of benzene rings is 1. The molecule has 0 aliphatic heterocycles. The second-order valence-electron chi connectivity index (χ2n) is 4.44. The molecule has 21 heavy (non-hydrogen) atoms. The standard InChI is InChI=1S/C13H12BrN3O3S/c1-8-12(21-7-15-8)6-16(2)13(18)10-5-9(17(19)20)3-4-11(10)14/h3-5,7H,6H2,1-2H3. The van der Waals surface area contributed by atoms with Gasteiger partial charge in [0, 0.05) is 28.5 Å². The summed E-state index contributed by atoms with van der Waals surface area (Å²) in [6.07, 6.45) is 0. The summed E-state index contributed by atoms with van der Waals surface area (Å²) in [7, 11) is 1.66. The molecule has 0 unspecified atom stereocenters. The van der Waals surface area contributed by atoms with E-state index in [1.165, 1.54) is 34.4 Å². The topological polar surface area (TPSA) is 76.3 Å². The van der Waals surface area contributed by atoms with Crippen molar-refractivity contribution in [2.24, 2.45) is 0 Å². The first-order chi connectivity index (χ1) is 9.90. The molecule has 1 heterocycles. The summed E-state index contributed by atoms with van der Waals surface area (Å²) < 4.78 is 0.533. The average Bonchev–Trinajstić information content (AvgIpc) is 2.83. The van der Waals surface area contributed by atoms with E-state index in [4.69, 9.17) is 0 Å². The van der Waals surface area contributed by atoms with Crippen LogP contribution in [-0.4, -0.2) is 27.8 Å². The highest BCUT2D eigenvalue weighted by Crippen LogP contribution is 2.24. The zero-order valence-corrected chi connectivity index (χ0v) is 13.8. The van der Waals surface area contributed by atoms with E-state index < -0.39 is 4.92 Å². The summed E-state index contributed by atoms with van der Waals surface area (Å²) in [6, 6.07) is 4.15. The molecule has 1 aromatic carbocycles. The van der Waals surface area contributed by atoms with Crippen LogP contribution < -0.4 is 0 Å². The molecule has 2 rings (SSSR count). The molecule has 8 heteroatoms. The van der Waals surface area contributed by atoms with Crippen LogP contribution in [0.4, 0.5) is 5.69 Å². The molecule has 0 bridgehead atoms. The van der Waals surface area contributed by atoms with Crippen molar-refractivity contribution in [3.63, 3.8) is 0 Å². The number of nitrogens with zero attached hydrogens (tertiary/aromatic N) is 3. The van der Waals surface area contributed by atoms with Crippen molar-refractivity contribution in [1.82, 2.24) is 9.88 Å². The van der Waals surface area contributed by atoms with E-state index in [1.807, 2.05) is 6.92 Å². The third-order valence-electron chi connectivity index (χ3n) is 2.96. The predicted molar refractivity (Wildman–Crippen MR) is 83.4 cm³/mol. The number of carbonyl (C=O) groups excluding carboxylic acids is 1. The highest BCUT2D eigenvalue weighted by molar-refractivity contribution is 9.10. The Morgan fingerprint density at radius 3 is 2.81 bits per heavy atom. The fourth-order valence-corrected chi connectivity index (χ4v) is 3.01. The lowest BCUT2D eigenvalue weighted by atomic mass is 10.1. The molecule has 0 saturated carbocycles.